The zero-order valence-electron chi connectivity index (χ0n) is 12.9. The fraction of sp³-hybridized carbons (Fsp3) is 0.467. The van der Waals surface area contributed by atoms with Crippen LogP contribution in [0.15, 0.2) is 18.2 Å². The van der Waals surface area contributed by atoms with Crippen LogP contribution in [0.1, 0.15) is 49.9 Å². The summed E-state index contributed by atoms with van der Waals surface area (Å²) in [5, 5.41) is 7.09. The second-order valence-electron chi connectivity index (χ2n) is 5.05. The Hall–Kier alpha value is -2.08. The summed E-state index contributed by atoms with van der Waals surface area (Å²) < 4.78 is 10.8. The Kier molecular flexibility index (Phi) is 4.80. The normalized spacial score (nSPS) is 12.5. The van der Waals surface area contributed by atoms with Gasteiger partial charge in [0.05, 0.1) is 19.8 Å². The van der Waals surface area contributed by atoms with Gasteiger partial charge >= 0.3 is 0 Å². The Balaban J connectivity index is 2.29. The van der Waals surface area contributed by atoms with E-state index in [0.717, 1.165) is 11.4 Å². The summed E-state index contributed by atoms with van der Waals surface area (Å²) in [4.78, 5) is 4.44. The average molecular weight is 290 g/mol. The van der Waals surface area contributed by atoms with E-state index >= 15 is 0 Å². The van der Waals surface area contributed by atoms with E-state index in [0.29, 0.717) is 23.9 Å². The van der Waals surface area contributed by atoms with Crippen molar-refractivity contribution in [3.05, 3.63) is 35.4 Å². The summed E-state index contributed by atoms with van der Waals surface area (Å²) in [6.07, 6.45) is 0. The Morgan fingerprint density at radius 3 is 2.62 bits per heavy atom. The van der Waals surface area contributed by atoms with E-state index in [1.165, 1.54) is 0 Å². The van der Waals surface area contributed by atoms with Crippen LogP contribution >= 0.6 is 0 Å². The summed E-state index contributed by atoms with van der Waals surface area (Å²) in [7, 11) is 1.61. The fourth-order valence-corrected chi connectivity index (χ4v) is 2.00. The number of nitrogens with two attached hydrogens (primary N) is 1. The molecule has 0 amide bonds. The molecule has 1 heterocycles. The fourth-order valence-electron chi connectivity index (χ4n) is 2.00. The van der Waals surface area contributed by atoms with Crippen molar-refractivity contribution < 1.29 is 9.47 Å². The molecule has 0 saturated heterocycles. The van der Waals surface area contributed by atoms with Crippen molar-refractivity contribution in [2.24, 2.45) is 5.73 Å². The van der Waals surface area contributed by atoms with Crippen molar-refractivity contribution in [3.63, 3.8) is 0 Å². The minimum atomic E-state index is -0.380. The highest BCUT2D eigenvalue weighted by atomic mass is 16.5. The molecule has 6 nitrogen and oxygen atoms in total. The quantitative estimate of drug-likeness (QED) is 0.853. The van der Waals surface area contributed by atoms with Crippen LogP contribution in [0, 0.1) is 0 Å². The second-order valence-corrected chi connectivity index (χ2v) is 5.05. The molecule has 2 rings (SSSR count). The number of benzene rings is 1. The van der Waals surface area contributed by atoms with E-state index in [4.69, 9.17) is 15.2 Å². The molecule has 0 bridgehead atoms. The predicted octanol–water partition coefficient (Wildman–Crippen LogP) is 2.38. The number of hydrogen-bond acceptors (Lipinski definition) is 5. The zero-order chi connectivity index (χ0) is 15.4. The Labute approximate surface area is 124 Å². The number of rotatable bonds is 6. The Bertz CT molecular complexity index is 595. The highest BCUT2D eigenvalue weighted by Crippen LogP contribution is 2.31. The predicted molar refractivity (Wildman–Crippen MR) is 80.7 cm³/mol. The van der Waals surface area contributed by atoms with E-state index in [1.54, 1.807) is 7.11 Å². The Morgan fingerprint density at radius 1 is 1.29 bits per heavy atom. The van der Waals surface area contributed by atoms with Crippen LogP contribution in [0.3, 0.4) is 0 Å². The first-order chi connectivity index (χ1) is 10.1. The first-order valence-electron chi connectivity index (χ1n) is 7.05. The first kappa shape index (κ1) is 15.3. The third-order valence-electron chi connectivity index (χ3n) is 3.18. The lowest BCUT2D eigenvalue weighted by Crippen LogP contribution is -2.14. The molecule has 1 aromatic carbocycles. The number of methoxy groups -OCH3 is 1. The SMILES string of the molecule is CCOc1cc([C@H](N)c2nc(C(C)C)n[nH]2)ccc1OC. The summed E-state index contributed by atoms with van der Waals surface area (Å²) in [6.45, 7) is 6.57. The monoisotopic (exact) mass is 290 g/mol. The molecule has 6 heteroatoms. The lowest BCUT2D eigenvalue weighted by atomic mass is 10.1. The third-order valence-corrected chi connectivity index (χ3v) is 3.18. The van der Waals surface area contributed by atoms with Crippen molar-refractivity contribution in [1.82, 2.24) is 15.2 Å². The molecular formula is C15H22N4O2. The molecule has 3 N–H and O–H groups in total. The van der Waals surface area contributed by atoms with Crippen molar-refractivity contribution in [2.45, 2.75) is 32.7 Å². The molecule has 1 aromatic heterocycles. The third kappa shape index (κ3) is 3.33. The van der Waals surface area contributed by atoms with Gasteiger partial charge in [0.25, 0.3) is 0 Å². The molecular weight excluding hydrogens is 268 g/mol. The van der Waals surface area contributed by atoms with E-state index < -0.39 is 0 Å². The molecule has 1 atom stereocenters. The molecule has 0 aliphatic carbocycles. The van der Waals surface area contributed by atoms with Gasteiger partial charge in [-0.25, -0.2) is 4.98 Å². The van der Waals surface area contributed by atoms with Crippen molar-refractivity contribution in [3.8, 4) is 11.5 Å². The minimum Gasteiger partial charge on any atom is -0.493 e. The van der Waals surface area contributed by atoms with Crippen molar-refractivity contribution >= 4 is 0 Å². The largest absolute Gasteiger partial charge is 0.493 e. The summed E-state index contributed by atoms with van der Waals surface area (Å²) >= 11 is 0. The second kappa shape index (κ2) is 6.58. The average Bonchev–Trinajstić information content (AvgIpc) is 2.97. The minimum absolute atomic E-state index is 0.261. The van der Waals surface area contributed by atoms with E-state index in [1.807, 2.05) is 39.0 Å². The van der Waals surface area contributed by atoms with E-state index in [2.05, 4.69) is 15.2 Å². The number of aromatic amines is 1. The van der Waals surface area contributed by atoms with Crippen molar-refractivity contribution in [1.29, 1.82) is 0 Å². The van der Waals surface area contributed by atoms with Gasteiger partial charge in [0, 0.05) is 5.92 Å². The van der Waals surface area contributed by atoms with Gasteiger partial charge in [-0.2, -0.15) is 5.10 Å². The van der Waals surface area contributed by atoms with Crippen LogP contribution in [0.4, 0.5) is 0 Å². The lowest BCUT2D eigenvalue weighted by molar-refractivity contribution is 0.310. The molecule has 0 spiro atoms. The molecule has 0 aliphatic heterocycles. The van der Waals surface area contributed by atoms with E-state index in [9.17, 15) is 0 Å². The van der Waals surface area contributed by atoms with E-state index in [-0.39, 0.29) is 12.0 Å². The Morgan fingerprint density at radius 2 is 2.05 bits per heavy atom. The van der Waals surface area contributed by atoms with Gasteiger partial charge in [-0.3, -0.25) is 5.10 Å². The molecule has 0 unspecified atom stereocenters. The van der Waals surface area contributed by atoms with Gasteiger partial charge < -0.3 is 15.2 Å². The zero-order valence-corrected chi connectivity index (χ0v) is 12.9. The standard InChI is InChI=1S/C15H22N4O2/c1-5-21-12-8-10(6-7-11(12)20-4)13(16)15-17-14(9(2)3)18-19-15/h6-9,13H,5,16H2,1-4H3,(H,17,18,19)/t13-/m0/s1. The summed E-state index contributed by atoms with van der Waals surface area (Å²) in [6, 6.07) is 5.25. The highest BCUT2D eigenvalue weighted by Gasteiger charge is 2.17. The van der Waals surface area contributed by atoms with Crippen LogP contribution < -0.4 is 15.2 Å². The van der Waals surface area contributed by atoms with Crippen LogP contribution in [0.25, 0.3) is 0 Å². The van der Waals surface area contributed by atoms with Crippen LogP contribution in [0.2, 0.25) is 0 Å². The molecule has 0 aliphatic rings. The maximum absolute atomic E-state index is 6.26. The number of aromatic nitrogens is 3. The maximum atomic E-state index is 6.26. The number of hydrogen-bond donors (Lipinski definition) is 2. The van der Waals surface area contributed by atoms with Gasteiger partial charge in [0.2, 0.25) is 0 Å². The van der Waals surface area contributed by atoms with Gasteiger partial charge in [-0.15, -0.1) is 0 Å². The lowest BCUT2D eigenvalue weighted by Gasteiger charge is -2.14. The number of nitrogens with zero attached hydrogens (tertiary/aromatic N) is 2. The molecule has 114 valence electrons. The van der Waals surface area contributed by atoms with Gasteiger partial charge in [0.15, 0.2) is 17.3 Å². The highest BCUT2D eigenvalue weighted by molar-refractivity contribution is 5.44. The number of nitrogens with one attached hydrogen (secondary N) is 1. The van der Waals surface area contributed by atoms with Crippen LogP contribution in [-0.4, -0.2) is 28.9 Å². The van der Waals surface area contributed by atoms with Crippen LogP contribution in [-0.2, 0) is 0 Å². The molecule has 0 radical (unpaired) electrons. The topological polar surface area (TPSA) is 86.0 Å². The number of H-pyrrole nitrogens is 1. The van der Waals surface area contributed by atoms with Crippen molar-refractivity contribution in [2.75, 3.05) is 13.7 Å². The summed E-state index contributed by atoms with van der Waals surface area (Å²) in [5.74, 6) is 3.03. The summed E-state index contributed by atoms with van der Waals surface area (Å²) in [5.41, 5.74) is 7.15. The maximum Gasteiger partial charge on any atom is 0.161 e. The van der Waals surface area contributed by atoms with Gasteiger partial charge in [0.1, 0.15) is 5.82 Å². The molecule has 21 heavy (non-hydrogen) atoms. The molecule has 0 saturated carbocycles. The molecule has 2 aromatic rings. The first-order valence-corrected chi connectivity index (χ1v) is 7.05. The van der Waals surface area contributed by atoms with Crippen LogP contribution in [0.5, 0.6) is 11.5 Å². The number of ether oxygens (including phenoxy) is 2. The van der Waals surface area contributed by atoms with Gasteiger partial charge in [-0.1, -0.05) is 19.9 Å². The smallest absolute Gasteiger partial charge is 0.161 e. The molecule has 0 fully saturated rings. The van der Waals surface area contributed by atoms with Gasteiger partial charge in [-0.05, 0) is 24.6 Å².